The minimum absolute atomic E-state index is 0.226. The van der Waals surface area contributed by atoms with Crippen molar-refractivity contribution in [3.05, 3.63) is 58.1 Å². The normalized spacial score (nSPS) is 10.8. The van der Waals surface area contributed by atoms with Gasteiger partial charge in [-0.15, -0.1) is 0 Å². The van der Waals surface area contributed by atoms with Crippen molar-refractivity contribution in [1.29, 1.82) is 0 Å². The van der Waals surface area contributed by atoms with Crippen LogP contribution in [0, 0.1) is 0 Å². The van der Waals surface area contributed by atoms with Gasteiger partial charge in [0.15, 0.2) is 0 Å². The Morgan fingerprint density at radius 3 is 2.39 bits per heavy atom. The number of aromatic hydroxyl groups is 1. The van der Waals surface area contributed by atoms with Gasteiger partial charge >= 0.3 is 0 Å². The molecule has 5 heteroatoms. The number of phenolic OH excluding ortho intramolecular Hbond substituents is 1. The topological polar surface area (TPSA) is 44.6 Å². The van der Waals surface area contributed by atoms with E-state index in [-0.39, 0.29) is 5.75 Å². The van der Waals surface area contributed by atoms with Gasteiger partial charge in [0, 0.05) is 0 Å². The van der Waals surface area contributed by atoms with Crippen molar-refractivity contribution in [3.63, 3.8) is 0 Å². The molecule has 0 amide bonds. The predicted molar refractivity (Wildman–Crippen MR) is 75.8 cm³/mol. The van der Waals surface area contributed by atoms with Crippen LogP contribution in [0.4, 0.5) is 5.69 Å². The maximum Gasteiger partial charge on any atom is 0.115 e. The lowest BCUT2D eigenvalue weighted by molar-refractivity contribution is 0.475. The Hall–Kier alpha value is -1.71. The molecule has 0 heterocycles. The van der Waals surface area contributed by atoms with Crippen LogP contribution < -0.4 is 5.43 Å². The standard InChI is InChI=1S/C13H10Cl2N2O/c14-12-6-3-10(7-13(12)15)17-16-8-9-1-4-11(18)5-2-9/h1-8,17-18H/b16-8+. The molecule has 0 fully saturated rings. The summed E-state index contributed by atoms with van der Waals surface area (Å²) in [5.41, 5.74) is 4.46. The number of nitrogens with zero attached hydrogens (tertiary/aromatic N) is 1. The Morgan fingerprint density at radius 2 is 1.72 bits per heavy atom. The zero-order chi connectivity index (χ0) is 13.0. The Morgan fingerprint density at radius 1 is 1.00 bits per heavy atom. The summed E-state index contributed by atoms with van der Waals surface area (Å²) >= 11 is 11.7. The third kappa shape index (κ3) is 3.39. The third-order valence-electron chi connectivity index (χ3n) is 2.22. The number of hydrogen-bond donors (Lipinski definition) is 2. The molecule has 0 radical (unpaired) electrons. The second kappa shape index (κ2) is 5.76. The van der Waals surface area contributed by atoms with Crippen molar-refractivity contribution in [1.82, 2.24) is 0 Å². The summed E-state index contributed by atoms with van der Waals surface area (Å²) in [7, 11) is 0. The fourth-order valence-electron chi connectivity index (χ4n) is 1.31. The Bertz CT molecular complexity index is 568. The van der Waals surface area contributed by atoms with Crippen molar-refractivity contribution in [2.75, 3.05) is 5.43 Å². The Kier molecular flexibility index (Phi) is 4.07. The first-order valence-corrected chi connectivity index (χ1v) is 5.94. The van der Waals surface area contributed by atoms with Crippen LogP contribution in [-0.4, -0.2) is 11.3 Å². The molecular formula is C13H10Cl2N2O. The van der Waals surface area contributed by atoms with Crippen molar-refractivity contribution in [2.24, 2.45) is 5.10 Å². The first-order chi connectivity index (χ1) is 8.65. The first kappa shape index (κ1) is 12.7. The molecule has 0 saturated heterocycles. The van der Waals surface area contributed by atoms with Gasteiger partial charge < -0.3 is 5.11 Å². The van der Waals surface area contributed by atoms with Crippen LogP contribution in [0.5, 0.6) is 5.75 Å². The highest BCUT2D eigenvalue weighted by Gasteiger charge is 1.97. The number of rotatable bonds is 3. The molecule has 2 rings (SSSR count). The van der Waals surface area contributed by atoms with E-state index in [1.807, 2.05) is 0 Å². The zero-order valence-corrected chi connectivity index (χ0v) is 10.8. The quantitative estimate of drug-likeness (QED) is 0.655. The molecule has 0 aliphatic carbocycles. The maximum atomic E-state index is 9.13. The molecule has 92 valence electrons. The number of nitrogens with one attached hydrogen (secondary N) is 1. The van der Waals surface area contributed by atoms with Crippen LogP contribution in [0.1, 0.15) is 5.56 Å². The summed E-state index contributed by atoms with van der Waals surface area (Å²) < 4.78 is 0. The summed E-state index contributed by atoms with van der Waals surface area (Å²) in [4.78, 5) is 0. The summed E-state index contributed by atoms with van der Waals surface area (Å²) in [6.07, 6.45) is 1.64. The van der Waals surface area contributed by atoms with E-state index in [0.717, 1.165) is 11.3 Å². The Balaban J connectivity index is 2.02. The Labute approximate surface area is 115 Å². The second-order valence-electron chi connectivity index (χ2n) is 3.59. The van der Waals surface area contributed by atoms with E-state index in [9.17, 15) is 0 Å². The van der Waals surface area contributed by atoms with Gasteiger partial charge in [0.1, 0.15) is 5.75 Å². The molecule has 0 aliphatic rings. The maximum absolute atomic E-state index is 9.13. The molecule has 0 atom stereocenters. The number of phenols is 1. The lowest BCUT2D eigenvalue weighted by atomic mass is 10.2. The number of benzene rings is 2. The van der Waals surface area contributed by atoms with E-state index < -0.39 is 0 Å². The molecule has 0 aliphatic heterocycles. The molecule has 0 aromatic heterocycles. The van der Waals surface area contributed by atoms with Crippen molar-refractivity contribution < 1.29 is 5.11 Å². The molecule has 0 bridgehead atoms. The average molecular weight is 281 g/mol. The fraction of sp³-hybridized carbons (Fsp3) is 0. The van der Waals surface area contributed by atoms with Gasteiger partial charge in [-0.05, 0) is 48.0 Å². The summed E-state index contributed by atoms with van der Waals surface area (Å²) in [5, 5.41) is 14.2. The summed E-state index contributed by atoms with van der Waals surface area (Å²) in [6, 6.07) is 11.9. The average Bonchev–Trinajstić information content (AvgIpc) is 2.36. The van der Waals surface area contributed by atoms with Gasteiger partial charge in [-0.3, -0.25) is 5.43 Å². The van der Waals surface area contributed by atoms with Crippen LogP contribution in [0.15, 0.2) is 47.6 Å². The van der Waals surface area contributed by atoms with E-state index >= 15 is 0 Å². The van der Waals surface area contributed by atoms with Crippen LogP contribution in [0.2, 0.25) is 10.0 Å². The summed E-state index contributed by atoms with van der Waals surface area (Å²) in [5.74, 6) is 0.226. The first-order valence-electron chi connectivity index (χ1n) is 5.18. The molecule has 2 aromatic carbocycles. The molecule has 0 saturated carbocycles. The fourth-order valence-corrected chi connectivity index (χ4v) is 1.61. The van der Waals surface area contributed by atoms with Gasteiger partial charge in [-0.1, -0.05) is 23.2 Å². The third-order valence-corrected chi connectivity index (χ3v) is 2.96. The molecule has 2 aromatic rings. The number of halogens is 2. The highest BCUT2D eigenvalue weighted by Crippen LogP contribution is 2.24. The highest BCUT2D eigenvalue weighted by atomic mass is 35.5. The van der Waals surface area contributed by atoms with Crippen LogP contribution in [-0.2, 0) is 0 Å². The molecule has 2 N–H and O–H groups in total. The minimum Gasteiger partial charge on any atom is -0.508 e. The van der Waals surface area contributed by atoms with Gasteiger partial charge in [0.2, 0.25) is 0 Å². The molecule has 0 unspecified atom stereocenters. The number of hydrogen-bond acceptors (Lipinski definition) is 3. The van der Waals surface area contributed by atoms with E-state index in [1.165, 1.54) is 0 Å². The van der Waals surface area contributed by atoms with E-state index in [0.29, 0.717) is 10.0 Å². The summed E-state index contributed by atoms with van der Waals surface area (Å²) in [6.45, 7) is 0. The van der Waals surface area contributed by atoms with Crippen molar-refractivity contribution in [2.45, 2.75) is 0 Å². The molecule has 18 heavy (non-hydrogen) atoms. The van der Waals surface area contributed by atoms with Gasteiger partial charge in [0.25, 0.3) is 0 Å². The van der Waals surface area contributed by atoms with Crippen LogP contribution >= 0.6 is 23.2 Å². The van der Waals surface area contributed by atoms with Crippen molar-refractivity contribution >= 4 is 35.1 Å². The van der Waals surface area contributed by atoms with Crippen LogP contribution in [0.25, 0.3) is 0 Å². The minimum atomic E-state index is 0.226. The lowest BCUT2D eigenvalue weighted by Crippen LogP contribution is -1.90. The van der Waals surface area contributed by atoms with Gasteiger partial charge in [0.05, 0.1) is 21.9 Å². The zero-order valence-electron chi connectivity index (χ0n) is 9.27. The largest absolute Gasteiger partial charge is 0.508 e. The number of anilines is 1. The van der Waals surface area contributed by atoms with Crippen LogP contribution in [0.3, 0.4) is 0 Å². The highest BCUT2D eigenvalue weighted by molar-refractivity contribution is 6.42. The van der Waals surface area contributed by atoms with E-state index in [2.05, 4.69) is 10.5 Å². The lowest BCUT2D eigenvalue weighted by Gasteiger charge is -2.01. The van der Waals surface area contributed by atoms with Gasteiger partial charge in [-0.25, -0.2) is 0 Å². The van der Waals surface area contributed by atoms with E-state index in [1.54, 1.807) is 48.7 Å². The second-order valence-corrected chi connectivity index (χ2v) is 4.40. The van der Waals surface area contributed by atoms with Crippen molar-refractivity contribution in [3.8, 4) is 5.75 Å². The molecule has 3 nitrogen and oxygen atoms in total. The monoisotopic (exact) mass is 280 g/mol. The van der Waals surface area contributed by atoms with Gasteiger partial charge in [-0.2, -0.15) is 5.10 Å². The molecule has 0 spiro atoms. The van der Waals surface area contributed by atoms with E-state index in [4.69, 9.17) is 28.3 Å². The smallest absolute Gasteiger partial charge is 0.115 e. The SMILES string of the molecule is Oc1ccc(/C=N/Nc2ccc(Cl)c(Cl)c2)cc1. The number of hydrazone groups is 1. The predicted octanol–water partition coefficient (Wildman–Crippen LogP) is 4.15. The molecular weight excluding hydrogens is 271 g/mol.